The van der Waals surface area contributed by atoms with Crippen molar-refractivity contribution in [2.75, 3.05) is 5.73 Å². The molecule has 3 aromatic rings. The van der Waals surface area contributed by atoms with Crippen LogP contribution in [-0.2, 0) is 7.05 Å². The van der Waals surface area contributed by atoms with E-state index >= 15 is 0 Å². The van der Waals surface area contributed by atoms with Crippen LogP contribution in [0.3, 0.4) is 0 Å². The molecule has 0 atom stereocenters. The standard InChI is InChI=1S/C12H10N6/c1-17-6-5-10(16-17)18-9-4-2-3-8(7-13)11(9)15-12(18)14/h2-6H,1H3,(H2,14,15). The number of benzene rings is 1. The first kappa shape index (κ1) is 10.4. The van der Waals surface area contributed by atoms with Crippen LogP contribution in [0, 0.1) is 11.3 Å². The minimum Gasteiger partial charge on any atom is -0.369 e. The molecule has 0 unspecified atom stereocenters. The van der Waals surface area contributed by atoms with Crippen molar-refractivity contribution in [3.63, 3.8) is 0 Å². The fourth-order valence-corrected chi connectivity index (χ4v) is 1.97. The Morgan fingerprint density at radius 1 is 1.33 bits per heavy atom. The highest BCUT2D eigenvalue weighted by atomic mass is 15.3. The van der Waals surface area contributed by atoms with Gasteiger partial charge in [-0.3, -0.25) is 9.25 Å². The molecule has 18 heavy (non-hydrogen) atoms. The fourth-order valence-electron chi connectivity index (χ4n) is 1.97. The van der Waals surface area contributed by atoms with Crippen molar-refractivity contribution in [1.29, 1.82) is 5.26 Å². The number of para-hydroxylation sites is 1. The predicted octanol–water partition coefficient (Wildman–Crippen LogP) is 1.21. The Bertz CT molecular complexity index is 774. The highest BCUT2D eigenvalue weighted by molar-refractivity contribution is 5.85. The zero-order valence-electron chi connectivity index (χ0n) is 9.70. The van der Waals surface area contributed by atoms with Crippen LogP contribution < -0.4 is 5.73 Å². The maximum Gasteiger partial charge on any atom is 0.207 e. The first-order valence-electron chi connectivity index (χ1n) is 5.38. The molecule has 6 nitrogen and oxygen atoms in total. The number of fused-ring (bicyclic) bond motifs is 1. The summed E-state index contributed by atoms with van der Waals surface area (Å²) >= 11 is 0. The largest absolute Gasteiger partial charge is 0.369 e. The molecule has 0 spiro atoms. The second-order valence-electron chi connectivity index (χ2n) is 3.94. The van der Waals surface area contributed by atoms with Crippen LogP contribution in [0.5, 0.6) is 0 Å². The summed E-state index contributed by atoms with van der Waals surface area (Å²) in [5.41, 5.74) is 7.80. The molecule has 2 N–H and O–H groups in total. The Hall–Kier alpha value is -2.81. The third kappa shape index (κ3) is 1.34. The highest BCUT2D eigenvalue weighted by Crippen LogP contribution is 2.24. The number of rotatable bonds is 1. The molecule has 2 heterocycles. The Kier molecular flexibility index (Phi) is 2.07. The van der Waals surface area contributed by atoms with Gasteiger partial charge in [-0.2, -0.15) is 10.4 Å². The minimum atomic E-state index is 0.325. The van der Waals surface area contributed by atoms with Crippen LogP contribution in [0.15, 0.2) is 30.5 Å². The van der Waals surface area contributed by atoms with Crippen molar-refractivity contribution in [2.24, 2.45) is 7.05 Å². The third-order valence-corrected chi connectivity index (χ3v) is 2.76. The van der Waals surface area contributed by atoms with Gasteiger partial charge in [-0.1, -0.05) is 6.07 Å². The first-order chi connectivity index (χ1) is 8.70. The molecule has 0 fully saturated rings. The molecule has 0 bridgehead atoms. The summed E-state index contributed by atoms with van der Waals surface area (Å²) in [6, 6.07) is 9.35. The lowest BCUT2D eigenvalue weighted by molar-refractivity contribution is 0.754. The lowest BCUT2D eigenvalue weighted by Gasteiger charge is -2.01. The number of nitrogens with zero attached hydrogens (tertiary/aromatic N) is 5. The monoisotopic (exact) mass is 238 g/mol. The third-order valence-electron chi connectivity index (χ3n) is 2.76. The summed E-state index contributed by atoms with van der Waals surface area (Å²) in [5.74, 6) is 1.01. The van der Waals surface area contributed by atoms with Crippen LogP contribution >= 0.6 is 0 Å². The zero-order valence-corrected chi connectivity index (χ0v) is 9.70. The van der Waals surface area contributed by atoms with Gasteiger partial charge < -0.3 is 5.73 Å². The normalized spacial score (nSPS) is 10.7. The summed E-state index contributed by atoms with van der Waals surface area (Å²) in [6.45, 7) is 0. The number of aromatic nitrogens is 4. The van der Waals surface area contributed by atoms with E-state index in [0.717, 1.165) is 5.52 Å². The zero-order chi connectivity index (χ0) is 12.7. The molecule has 88 valence electrons. The molecule has 3 rings (SSSR count). The molecule has 6 heteroatoms. The van der Waals surface area contributed by atoms with E-state index in [1.807, 2.05) is 25.4 Å². The van der Waals surface area contributed by atoms with Gasteiger partial charge in [-0.05, 0) is 12.1 Å². The first-order valence-corrected chi connectivity index (χ1v) is 5.38. The van der Waals surface area contributed by atoms with Crippen molar-refractivity contribution < 1.29 is 0 Å². The maximum atomic E-state index is 9.05. The minimum absolute atomic E-state index is 0.325. The SMILES string of the molecule is Cn1ccc(-n2c(N)nc3c(C#N)cccc32)n1. The van der Waals surface area contributed by atoms with E-state index in [0.29, 0.717) is 22.8 Å². The summed E-state index contributed by atoms with van der Waals surface area (Å²) < 4.78 is 3.42. The van der Waals surface area contributed by atoms with Gasteiger partial charge in [-0.15, -0.1) is 0 Å². The topological polar surface area (TPSA) is 85.5 Å². The molecule has 2 aromatic heterocycles. The summed E-state index contributed by atoms with van der Waals surface area (Å²) in [5, 5.41) is 13.3. The fraction of sp³-hybridized carbons (Fsp3) is 0.0833. The number of hydrogen-bond acceptors (Lipinski definition) is 4. The molecule has 0 aliphatic carbocycles. The molecule has 0 saturated heterocycles. The van der Waals surface area contributed by atoms with Gasteiger partial charge in [0.25, 0.3) is 0 Å². The maximum absolute atomic E-state index is 9.05. The molecule has 0 amide bonds. The molecule has 0 aliphatic heterocycles. The van der Waals surface area contributed by atoms with Gasteiger partial charge in [-0.25, -0.2) is 4.98 Å². The Morgan fingerprint density at radius 2 is 2.17 bits per heavy atom. The van der Waals surface area contributed by atoms with E-state index in [9.17, 15) is 0 Å². The van der Waals surface area contributed by atoms with Gasteiger partial charge in [0.1, 0.15) is 11.6 Å². The van der Waals surface area contributed by atoms with Crippen LogP contribution in [0.1, 0.15) is 5.56 Å². The highest BCUT2D eigenvalue weighted by Gasteiger charge is 2.14. The molecule has 1 aromatic carbocycles. The van der Waals surface area contributed by atoms with Crippen molar-refractivity contribution in [2.45, 2.75) is 0 Å². The van der Waals surface area contributed by atoms with Crippen LogP contribution in [0.25, 0.3) is 16.9 Å². The van der Waals surface area contributed by atoms with Crippen LogP contribution in [0.2, 0.25) is 0 Å². The summed E-state index contributed by atoms with van der Waals surface area (Å²) in [7, 11) is 1.83. The van der Waals surface area contributed by atoms with Crippen molar-refractivity contribution in [1.82, 2.24) is 19.3 Å². The van der Waals surface area contributed by atoms with Gasteiger partial charge >= 0.3 is 0 Å². The number of anilines is 1. The van der Waals surface area contributed by atoms with E-state index in [-0.39, 0.29) is 0 Å². The number of imidazole rings is 1. The number of nitriles is 1. The second kappa shape index (κ2) is 3.60. The second-order valence-corrected chi connectivity index (χ2v) is 3.94. The van der Waals surface area contributed by atoms with E-state index in [1.165, 1.54) is 0 Å². The van der Waals surface area contributed by atoms with Gasteiger partial charge in [0, 0.05) is 19.3 Å². The molecular formula is C12H10N6. The smallest absolute Gasteiger partial charge is 0.207 e. The van der Waals surface area contributed by atoms with E-state index in [4.69, 9.17) is 11.0 Å². The number of nitrogen functional groups attached to an aromatic ring is 1. The van der Waals surface area contributed by atoms with Gasteiger partial charge in [0.05, 0.1) is 11.1 Å². The van der Waals surface area contributed by atoms with E-state index < -0.39 is 0 Å². The Balaban J connectivity index is 2.37. The van der Waals surface area contributed by atoms with Crippen molar-refractivity contribution in [3.05, 3.63) is 36.0 Å². The van der Waals surface area contributed by atoms with Crippen LogP contribution in [-0.4, -0.2) is 19.3 Å². The van der Waals surface area contributed by atoms with Gasteiger partial charge in [0.2, 0.25) is 5.95 Å². The average molecular weight is 238 g/mol. The quantitative estimate of drug-likeness (QED) is 0.690. The van der Waals surface area contributed by atoms with E-state index in [1.54, 1.807) is 21.4 Å². The summed E-state index contributed by atoms with van der Waals surface area (Å²) in [4.78, 5) is 4.24. The van der Waals surface area contributed by atoms with Crippen LogP contribution in [0.4, 0.5) is 5.95 Å². The Morgan fingerprint density at radius 3 is 2.83 bits per heavy atom. The van der Waals surface area contributed by atoms with E-state index in [2.05, 4.69) is 16.2 Å². The lowest BCUT2D eigenvalue weighted by atomic mass is 10.2. The van der Waals surface area contributed by atoms with Crippen molar-refractivity contribution in [3.8, 4) is 11.9 Å². The molecule has 0 saturated carbocycles. The lowest BCUT2D eigenvalue weighted by Crippen LogP contribution is -2.02. The number of hydrogen-bond donors (Lipinski definition) is 1. The van der Waals surface area contributed by atoms with Gasteiger partial charge in [0.15, 0.2) is 5.82 Å². The molecule has 0 radical (unpaired) electrons. The Labute approximate surface area is 103 Å². The number of nitrogens with two attached hydrogens (primary N) is 1. The summed E-state index contributed by atoms with van der Waals surface area (Å²) in [6.07, 6.45) is 1.83. The predicted molar refractivity (Wildman–Crippen MR) is 67.0 cm³/mol. The van der Waals surface area contributed by atoms with Crippen molar-refractivity contribution >= 4 is 17.0 Å². The average Bonchev–Trinajstić information content (AvgIpc) is 2.91. The molecule has 0 aliphatic rings. The number of aryl methyl sites for hydroxylation is 1. The molecular weight excluding hydrogens is 228 g/mol.